The highest BCUT2D eigenvalue weighted by Gasteiger charge is 2.10. The van der Waals surface area contributed by atoms with E-state index in [1.54, 1.807) is 22.3 Å². The Morgan fingerprint density at radius 3 is 3.00 bits per heavy atom. The van der Waals surface area contributed by atoms with Gasteiger partial charge in [-0.3, -0.25) is 0 Å². The molecule has 7 heteroatoms. The first kappa shape index (κ1) is 13.6. The molecule has 3 rings (SSSR count). The third-order valence-electron chi connectivity index (χ3n) is 2.71. The van der Waals surface area contributed by atoms with Crippen molar-refractivity contribution in [3.8, 4) is 5.69 Å². The summed E-state index contributed by atoms with van der Waals surface area (Å²) < 4.78 is 2.76. The Balaban J connectivity index is 1.88. The summed E-state index contributed by atoms with van der Waals surface area (Å²) in [5, 5.41) is 10.2. The summed E-state index contributed by atoms with van der Waals surface area (Å²) in [7, 11) is 0. The Morgan fingerprint density at radius 2 is 2.30 bits per heavy atom. The SMILES string of the molecule is Clc1cccc(NCc2cc(Br)cs2)c1-n1cncn1. The van der Waals surface area contributed by atoms with Gasteiger partial charge < -0.3 is 5.32 Å². The number of thiophene rings is 1. The third-order valence-corrected chi connectivity index (χ3v) is 4.71. The molecule has 1 N–H and O–H groups in total. The number of nitrogens with zero attached hydrogens (tertiary/aromatic N) is 3. The van der Waals surface area contributed by atoms with Gasteiger partial charge in [-0.25, -0.2) is 9.67 Å². The zero-order chi connectivity index (χ0) is 13.9. The molecule has 0 unspecified atom stereocenters. The lowest BCUT2D eigenvalue weighted by molar-refractivity contribution is 0.878. The van der Waals surface area contributed by atoms with Gasteiger partial charge in [-0.05, 0) is 34.1 Å². The van der Waals surface area contributed by atoms with Gasteiger partial charge in [0.25, 0.3) is 0 Å². The van der Waals surface area contributed by atoms with E-state index in [0.29, 0.717) is 5.02 Å². The largest absolute Gasteiger partial charge is 0.378 e. The van der Waals surface area contributed by atoms with Crippen molar-refractivity contribution in [1.82, 2.24) is 14.8 Å². The molecule has 20 heavy (non-hydrogen) atoms. The van der Waals surface area contributed by atoms with Crippen LogP contribution in [0.2, 0.25) is 5.02 Å². The molecule has 0 aliphatic rings. The number of halogens is 2. The standard InChI is InChI=1S/C13H10BrClN4S/c14-9-4-10(20-6-9)5-17-12-3-1-2-11(15)13(12)19-8-16-7-18-19/h1-4,6-8,17H,5H2. The van der Waals surface area contributed by atoms with Gasteiger partial charge in [0.1, 0.15) is 18.3 Å². The van der Waals surface area contributed by atoms with E-state index in [-0.39, 0.29) is 0 Å². The van der Waals surface area contributed by atoms with Crippen molar-refractivity contribution in [2.45, 2.75) is 6.54 Å². The van der Waals surface area contributed by atoms with Crippen LogP contribution in [0.3, 0.4) is 0 Å². The van der Waals surface area contributed by atoms with E-state index in [1.165, 1.54) is 11.2 Å². The molecule has 0 fully saturated rings. The van der Waals surface area contributed by atoms with Crippen LogP contribution in [0.4, 0.5) is 5.69 Å². The summed E-state index contributed by atoms with van der Waals surface area (Å²) in [6.45, 7) is 0.734. The van der Waals surface area contributed by atoms with E-state index < -0.39 is 0 Å². The second-order valence-corrected chi connectivity index (χ2v) is 6.38. The molecule has 0 spiro atoms. The Kier molecular flexibility index (Phi) is 4.05. The number of nitrogens with one attached hydrogen (secondary N) is 1. The number of hydrogen-bond donors (Lipinski definition) is 1. The Hall–Kier alpha value is -1.37. The van der Waals surface area contributed by atoms with Crippen molar-refractivity contribution < 1.29 is 0 Å². The fourth-order valence-corrected chi connectivity index (χ4v) is 3.50. The number of hydrogen-bond acceptors (Lipinski definition) is 4. The van der Waals surface area contributed by atoms with Crippen LogP contribution in [0, 0.1) is 0 Å². The number of para-hydroxylation sites is 1. The Labute approximate surface area is 133 Å². The first-order chi connectivity index (χ1) is 9.74. The molecule has 0 saturated heterocycles. The van der Waals surface area contributed by atoms with Gasteiger partial charge in [-0.1, -0.05) is 17.7 Å². The minimum Gasteiger partial charge on any atom is -0.378 e. The molecule has 2 aromatic heterocycles. The lowest BCUT2D eigenvalue weighted by Crippen LogP contribution is -2.04. The highest BCUT2D eigenvalue weighted by Crippen LogP contribution is 2.29. The molecule has 1 aromatic carbocycles. The van der Waals surface area contributed by atoms with Crippen LogP contribution < -0.4 is 5.32 Å². The Bertz CT molecular complexity index is 711. The van der Waals surface area contributed by atoms with Crippen molar-refractivity contribution in [2.75, 3.05) is 5.32 Å². The molecule has 102 valence electrons. The van der Waals surface area contributed by atoms with E-state index in [4.69, 9.17) is 11.6 Å². The van der Waals surface area contributed by atoms with Gasteiger partial charge in [0.05, 0.1) is 10.7 Å². The second kappa shape index (κ2) is 5.95. The van der Waals surface area contributed by atoms with Crippen LogP contribution in [0.25, 0.3) is 5.69 Å². The minimum atomic E-state index is 0.632. The zero-order valence-corrected chi connectivity index (χ0v) is 13.4. The van der Waals surface area contributed by atoms with Gasteiger partial charge in [0.15, 0.2) is 0 Å². The number of rotatable bonds is 4. The lowest BCUT2D eigenvalue weighted by atomic mass is 10.2. The molecular formula is C13H10BrClN4S. The van der Waals surface area contributed by atoms with Gasteiger partial charge in [0, 0.05) is 21.3 Å². The molecule has 0 aliphatic heterocycles. The van der Waals surface area contributed by atoms with Gasteiger partial charge in [0.2, 0.25) is 0 Å². The van der Waals surface area contributed by atoms with Crippen LogP contribution in [0.1, 0.15) is 4.88 Å². The van der Waals surface area contributed by atoms with Crippen molar-refractivity contribution in [1.29, 1.82) is 0 Å². The highest BCUT2D eigenvalue weighted by atomic mass is 79.9. The molecule has 4 nitrogen and oxygen atoms in total. The topological polar surface area (TPSA) is 42.7 Å². The fraction of sp³-hybridized carbons (Fsp3) is 0.0769. The normalized spacial score (nSPS) is 10.7. The predicted molar refractivity (Wildman–Crippen MR) is 85.7 cm³/mol. The van der Waals surface area contributed by atoms with Crippen LogP contribution in [-0.4, -0.2) is 14.8 Å². The molecular weight excluding hydrogens is 360 g/mol. The summed E-state index contributed by atoms with van der Waals surface area (Å²) in [6.07, 6.45) is 3.12. The van der Waals surface area contributed by atoms with E-state index in [0.717, 1.165) is 22.4 Å². The predicted octanol–water partition coefficient (Wildman–Crippen LogP) is 4.36. The molecule has 0 amide bonds. The summed E-state index contributed by atoms with van der Waals surface area (Å²) in [5.41, 5.74) is 1.73. The average molecular weight is 370 g/mol. The summed E-state index contributed by atoms with van der Waals surface area (Å²) in [6, 6.07) is 7.82. The molecule has 0 bridgehead atoms. The maximum absolute atomic E-state index is 6.27. The van der Waals surface area contributed by atoms with E-state index in [1.807, 2.05) is 18.2 Å². The molecule has 0 atom stereocenters. The molecule has 0 radical (unpaired) electrons. The monoisotopic (exact) mass is 368 g/mol. The van der Waals surface area contributed by atoms with E-state index in [9.17, 15) is 0 Å². The quantitative estimate of drug-likeness (QED) is 0.743. The summed E-state index contributed by atoms with van der Waals surface area (Å²) >= 11 is 11.4. The van der Waals surface area contributed by atoms with E-state index >= 15 is 0 Å². The first-order valence-electron chi connectivity index (χ1n) is 5.84. The summed E-state index contributed by atoms with van der Waals surface area (Å²) in [4.78, 5) is 5.20. The van der Waals surface area contributed by atoms with Crippen molar-refractivity contribution in [3.05, 3.63) is 56.7 Å². The average Bonchev–Trinajstić information content (AvgIpc) is 3.08. The molecule has 0 aliphatic carbocycles. The maximum Gasteiger partial charge on any atom is 0.138 e. The smallest absolute Gasteiger partial charge is 0.138 e. The van der Waals surface area contributed by atoms with Crippen LogP contribution >= 0.6 is 38.9 Å². The maximum atomic E-state index is 6.27. The van der Waals surface area contributed by atoms with Crippen LogP contribution in [0.15, 0.2) is 46.8 Å². The lowest BCUT2D eigenvalue weighted by Gasteiger charge is -2.12. The molecule has 3 aromatic rings. The molecule has 2 heterocycles. The fourth-order valence-electron chi connectivity index (χ4n) is 1.84. The van der Waals surface area contributed by atoms with Gasteiger partial charge >= 0.3 is 0 Å². The van der Waals surface area contributed by atoms with Gasteiger partial charge in [-0.2, -0.15) is 5.10 Å². The first-order valence-corrected chi connectivity index (χ1v) is 7.89. The van der Waals surface area contributed by atoms with Crippen LogP contribution in [-0.2, 0) is 6.54 Å². The van der Waals surface area contributed by atoms with Crippen molar-refractivity contribution in [2.24, 2.45) is 0 Å². The highest BCUT2D eigenvalue weighted by molar-refractivity contribution is 9.10. The van der Waals surface area contributed by atoms with Crippen molar-refractivity contribution in [3.63, 3.8) is 0 Å². The van der Waals surface area contributed by atoms with Crippen molar-refractivity contribution >= 4 is 44.6 Å². The third kappa shape index (κ3) is 2.87. The number of benzene rings is 1. The molecule has 0 saturated carbocycles. The summed E-state index contributed by atoms with van der Waals surface area (Å²) in [5.74, 6) is 0. The number of anilines is 1. The second-order valence-electron chi connectivity index (χ2n) is 4.06. The van der Waals surface area contributed by atoms with Gasteiger partial charge in [-0.15, -0.1) is 11.3 Å². The van der Waals surface area contributed by atoms with Crippen LogP contribution in [0.5, 0.6) is 0 Å². The van der Waals surface area contributed by atoms with E-state index in [2.05, 4.69) is 42.8 Å². The minimum absolute atomic E-state index is 0.632. The Morgan fingerprint density at radius 1 is 1.40 bits per heavy atom. The number of aromatic nitrogens is 3. The zero-order valence-electron chi connectivity index (χ0n) is 10.3.